The van der Waals surface area contributed by atoms with Gasteiger partial charge in [-0.2, -0.15) is 0 Å². The maximum absolute atomic E-state index is 12.8. The number of hydrogen-bond donors (Lipinski definition) is 0. The molecule has 0 radical (unpaired) electrons. The van der Waals surface area contributed by atoms with E-state index < -0.39 is 0 Å². The molecule has 0 N–H and O–H groups in total. The van der Waals surface area contributed by atoms with Crippen LogP contribution in [0.5, 0.6) is 0 Å². The summed E-state index contributed by atoms with van der Waals surface area (Å²) in [6.07, 6.45) is 41.7. The molecular formula is C45H74O2. The molecule has 3 fully saturated rings. The molecule has 3 saturated carbocycles. The molecule has 2 nitrogen and oxygen atoms in total. The molecule has 0 saturated heterocycles. The molecule has 0 unspecified atom stereocenters. The first-order chi connectivity index (χ1) is 22.7. The van der Waals surface area contributed by atoms with E-state index in [0.29, 0.717) is 17.3 Å². The number of carbonyl (C=O) groups excluding carboxylic acids is 1. The molecule has 4 aliphatic rings. The fourth-order valence-corrected chi connectivity index (χ4v) is 10.9. The van der Waals surface area contributed by atoms with Crippen LogP contribution >= 0.6 is 0 Å². The van der Waals surface area contributed by atoms with Gasteiger partial charge in [-0.1, -0.05) is 128 Å². The molecular weight excluding hydrogens is 572 g/mol. The summed E-state index contributed by atoms with van der Waals surface area (Å²) in [5.41, 5.74) is 2.51. The molecule has 0 spiro atoms. The van der Waals surface area contributed by atoms with Gasteiger partial charge in [-0.25, -0.2) is 0 Å². The number of rotatable bonds is 19. The highest BCUT2D eigenvalue weighted by Gasteiger charge is 2.59. The van der Waals surface area contributed by atoms with Gasteiger partial charge in [0.2, 0.25) is 0 Å². The van der Waals surface area contributed by atoms with Crippen molar-refractivity contribution in [3.63, 3.8) is 0 Å². The lowest BCUT2D eigenvalue weighted by atomic mass is 9.47. The predicted octanol–water partition coefficient (Wildman–Crippen LogP) is 13.5. The van der Waals surface area contributed by atoms with Gasteiger partial charge >= 0.3 is 5.97 Å². The number of fused-ring (bicyclic) bond motifs is 5. The zero-order valence-corrected chi connectivity index (χ0v) is 31.7. The standard InChI is InChI=1S/C45H74O2/c1-7-8-9-10-11-12-13-14-15-16-17-18-19-20-21-25-43(46)47-38-30-32-44(5)37(34-38)26-27-39-41-29-28-40(36(4)24-22-23-35(2)3)45(41,6)33-31-42(39)44/h8-9,11-12,14-15,26,35-36,38-42H,7,10,13,16-25,27-34H2,1-6H3/b9-8+,12-11+,15-14+/t36-,38+,39+,40-,41+,42+,44-,45+/m1/s1. The average Bonchev–Trinajstić information content (AvgIpc) is 3.40. The summed E-state index contributed by atoms with van der Waals surface area (Å²) >= 11 is 0. The molecule has 4 rings (SSSR count). The van der Waals surface area contributed by atoms with Crippen LogP contribution < -0.4 is 0 Å². The summed E-state index contributed by atoms with van der Waals surface area (Å²) in [5, 5.41) is 0. The molecule has 0 amide bonds. The molecule has 0 heterocycles. The van der Waals surface area contributed by atoms with Gasteiger partial charge < -0.3 is 4.74 Å². The Bertz CT molecular complexity index is 1060. The minimum Gasteiger partial charge on any atom is -0.462 e. The number of esters is 1. The SMILES string of the molecule is CC/C=C/C/C=C/C/C=C/CCCCCCCC(=O)O[C@H]1CC[C@]2(C)C(=CC[C@H]3[C@@H]4CC[C@H]([C@H](C)CCCC(C)C)[C@]4(C)CC[C@@H]32)C1. The Hall–Kier alpha value is -1.57. The monoisotopic (exact) mass is 647 g/mol. The van der Waals surface area contributed by atoms with Gasteiger partial charge in [0.15, 0.2) is 0 Å². The number of allylic oxidation sites excluding steroid dienone is 7. The third kappa shape index (κ3) is 10.5. The van der Waals surface area contributed by atoms with Gasteiger partial charge in [0.25, 0.3) is 0 Å². The van der Waals surface area contributed by atoms with Gasteiger partial charge in [0, 0.05) is 12.8 Å². The summed E-state index contributed by atoms with van der Waals surface area (Å²) in [7, 11) is 0. The van der Waals surface area contributed by atoms with Gasteiger partial charge in [-0.15, -0.1) is 0 Å². The molecule has 47 heavy (non-hydrogen) atoms. The number of unbranched alkanes of at least 4 members (excludes halogenated alkanes) is 5. The van der Waals surface area contributed by atoms with E-state index in [1.165, 1.54) is 83.5 Å². The Balaban J connectivity index is 1.13. The van der Waals surface area contributed by atoms with Crippen molar-refractivity contribution in [3.05, 3.63) is 48.1 Å². The van der Waals surface area contributed by atoms with Crippen molar-refractivity contribution in [1.82, 2.24) is 0 Å². The molecule has 4 aliphatic carbocycles. The van der Waals surface area contributed by atoms with Crippen LogP contribution in [0.2, 0.25) is 0 Å². The normalized spacial score (nSPS) is 32.9. The Morgan fingerprint density at radius 1 is 0.830 bits per heavy atom. The second-order valence-corrected chi connectivity index (χ2v) is 17.2. The van der Waals surface area contributed by atoms with E-state index in [2.05, 4.69) is 84.1 Å². The first-order valence-electron chi connectivity index (χ1n) is 20.5. The van der Waals surface area contributed by atoms with Crippen molar-refractivity contribution in [2.45, 2.75) is 182 Å². The predicted molar refractivity (Wildman–Crippen MR) is 202 cm³/mol. The summed E-state index contributed by atoms with van der Waals surface area (Å²) in [6.45, 7) is 14.8. The third-order valence-electron chi connectivity index (χ3n) is 13.6. The largest absolute Gasteiger partial charge is 0.462 e. The lowest BCUT2D eigenvalue weighted by molar-refractivity contribution is -0.151. The van der Waals surface area contributed by atoms with Crippen molar-refractivity contribution in [2.24, 2.45) is 46.3 Å². The minimum absolute atomic E-state index is 0.0435. The Morgan fingerprint density at radius 3 is 2.32 bits per heavy atom. The molecule has 266 valence electrons. The van der Waals surface area contributed by atoms with E-state index in [9.17, 15) is 4.79 Å². The van der Waals surface area contributed by atoms with Gasteiger partial charge in [0.1, 0.15) is 6.10 Å². The summed E-state index contributed by atoms with van der Waals surface area (Å²) < 4.78 is 6.12. The summed E-state index contributed by atoms with van der Waals surface area (Å²) in [5.74, 6) is 5.28. The second kappa shape index (κ2) is 19.0. The van der Waals surface area contributed by atoms with Crippen LogP contribution in [-0.2, 0) is 9.53 Å². The fraction of sp³-hybridized carbons (Fsp3) is 0.800. The van der Waals surface area contributed by atoms with Crippen LogP contribution in [0.25, 0.3) is 0 Å². The van der Waals surface area contributed by atoms with Gasteiger partial charge in [-0.05, 0) is 130 Å². The van der Waals surface area contributed by atoms with Crippen molar-refractivity contribution < 1.29 is 9.53 Å². The molecule has 2 heteroatoms. The number of hydrogen-bond acceptors (Lipinski definition) is 2. The average molecular weight is 647 g/mol. The van der Waals surface area contributed by atoms with Crippen LogP contribution in [0.15, 0.2) is 48.1 Å². The van der Waals surface area contributed by atoms with Gasteiger partial charge in [-0.3, -0.25) is 4.79 Å². The highest BCUT2D eigenvalue weighted by atomic mass is 16.5. The van der Waals surface area contributed by atoms with Crippen LogP contribution in [0.1, 0.15) is 176 Å². The smallest absolute Gasteiger partial charge is 0.306 e. The van der Waals surface area contributed by atoms with Crippen LogP contribution in [0.3, 0.4) is 0 Å². The molecule has 0 aromatic rings. The van der Waals surface area contributed by atoms with E-state index in [-0.39, 0.29) is 12.1 Å². The van der Waals surface area contributed by atoms with Crippen molar-refractivity contribution >= 4 is 5.97 Å². The zero-order valence-electron chi connectivity index (χ0n) is 31.7. The van der Waals surface area contributed by atoms with E-state index in [1.54, 1.807) is 5.57 Å². The maximum Gasteiger partial charge on any atom is 0.306 e. The zero-order chi connectivity index (χ0) is 33.7. The first kappa shape index (κ1) is 38.2. The quantitative estimate of drug-likeness (QED) is 0.0793. The highest BCUT2D eigenvalue weighted by molar-refractivity contribution is 5.69. The lowest BCUT2D eigenvalue weighted by Crippen LogP contribution is -2.51. The topological polar surface area (TPSA) is 26.3 Å². The van der Waals surface area contributed by atoms with E-state index in [1.807, 2.05) is 0 Å². The Morgan fingerprint density at radius 2 is 1.55 bits per heavy atom. The molecule has 0 aromatic carbocycles. The molecule has 0 bridgehead atoms. The second-order valence-electron chi connectivity index (χ2n) is 17.2. The van der Waals surface area contributed by atoms with E-state index in [0.717, 1.165) is 80.5 Å². The molecule has 0 aromatic heterocycles. The first-order valence-corrected chi connectivity index (χ1v) is 20.5. The number of carbonyl (C=O) groups is 1. The van der Waals surface area contributed by atoms with Crippen LogP contribution in [0.4, 0.5) is 0 Å². The number of ether oxygens (including phenoxy) is 1. The van der Waals surface area contributed by atoms with Crippen LogP contribution in [-0.4, -0.2) is 12.1 Å². The Labute approximate surface area is 291 Å². The maximum atomic E-state index is 12.8. The van der Waals surface area contributed by atoms with E-state index in [4.69, 9.17) is 4.74 Å². The summed E-state index contributed by atoms with van der Waals surface area (Å²) in [6, 6.07) is 0. The van der Waals surface area contributed by atoms with Crippen LogP contribution in [0, 0.1) is 46.3 Å². The third-order valence-corrected chi connectivity index (χ3v) is 13.6. The van der Waals surface area contributed by atoms with E-state index >= 15 is 0 Å². The summed E-state index contributed by atoms with van der Waals surface area (Å²) in [4.78, 5) is 12.8. The van der Waals surface area contributed by atoms with Crippen molar-refractivity contribution in [2.75, 3.05) is 0 Å². The lowest BCUT2D eigenvalue weighted by Gasteiger charge is -2.58. The molecule has 8 atom stereocenters. The van der Waals surface area contributed by atoms with Gasteiger partial charge in [0.05, 0.1) is 0 Å². The van der Waals surface area contributed by atoms with Crippen molar-refractivity contribution in [3.8, 4) is 0 Å². The molecule has 0 aliphatic heterocycles. The highest BCUT2D eigenvalue weighted by Crippen LogP contribution is 2.67. The Kier molecular flexibility index (Phi) is 15.4. The fourth-order valence-electron chi connectivity index (χ4n) is 10.9. The minimum atomic E-state index is 0.0435. The van der Waals surface area contributed by atoms with Crippen molar-refractivity contribution in [1.29, 1.82) is 0 Å².